The zero-order valence-corrected chi connectivity index (χ0v) is 18.0. The molecule has 0 aromatic carbocycles. The molecule has 2 amide bonds. The second-order valence-electron chi connectivity index (χ2n) is 7.34. The third-order valence-corrected chi connectivity index (χ3v) is 4.49. The zero-order chi connectivity index (χ0) is 23.0. The molecular weight excluding hydrogens is 408 g/mol. The number of halogens is 2. The Kier molecular flexibility index (Phi) is 8.35. The first-order valence-corrected chi connectivity index (χ1v) is 10.0. The monoisotopic (exact) mass is 435 g/mol. The minimum atomic E-state index is -2.75. The average molecular weight is 435 g/mol. The molecule has 168 valence electrons. The first kappa shape index (κ1) is 24.1. The van der Waals surface area contributed by atoms with Crippen LogP contribution in [0.1, 0.15) is 62.6 Å². The number of anilines is 1. The van der Waals surface area contributed by atoms with Gasteiger partial charge in [0.25, 0.3) is 11.8 Å². The first-order chi connectivity index (χ1) is 14.6. The third kappa shape index (κ3) is 7.54. The van der Waals surface area contributed by atoms with Crippen LogP contribution >= 0.6 is 0 Å². The van der Waals surface area contributed by atoms with Crippen molar-refractivity contribution in [3.63, 3.8) is 0 Å². The van der Waals surface area contributed by atoms with Crippen molar-refractivity contribution in [2.24, 2.45) is 5.92 Å². The van der Waals surface area contributed by atoms with Crippen LogP contribution in [0.5, 0.6) is 5.88 Å². The van der Waals surface area contributed by atoms with E-state index in [9.17, 15) is 18.4 Å². The largest absolute Gasteiger partial charge is 0.477 e. The summed E-state index contributed by atoms with van der Waals surface area (Å²) in [6.45, 7) is 6.52. The third-order valence-electron chi connectivity index (χ3n) is 4.49. The van der Waals surface area contributed by atoms with Crippen molar-refractivity contribution in [2.45, 2.75) is 52.5 Å². The Labute approximate surface area is 179 Å². The Morgan fingerprint density at radius 1 is 1.16 bits per heavy atom. The summed E-state index contributed by atoms with van der Waals surface area (Å²) in [5.41, 5.74) is 0.799. The molecule has 1 unspecified atom stereocenters. The number of pyridine rings is 1. The van der Waals surface area contributed by atoms with Gasteiger partial charge in [0, 0.05) is 37.2 Å². The molecule has 0 spiro atoms. The standard InChI is InChI=1S/C21H27F2N5O3/c1-5-21(22,23)9-11-31-17-7-6-15(12-25-17)14(4)26-19(30)16-8-10-24-20(27-16)28-18(29)13(2)3/h6-8,10,12-14H,5,9,11H2,1-4H3,(H,26,30)(H,24,27,28,29). The molecule has 2 aromatic heterocycles. The summed E-state index contributed by atoms with van der Waals surface area (Å²) in [6, 6.07) is 4.29. The lowest BCUT2D eigenvalue weighted by atomic mass is 10.1. The van der Waals surface area contributed by atoms with E-state index in [1.807, 2.05) is 0 Å². The fourth-order valence-corrected chi connectivity index (χ4v) is 2.37. The summed E-state index contributed by atoms with van der Waals surface area (Å²) in [5.74, 6) is -3.41. The van der Waals surface area contributed by atoms with Crippen LogP contribution in [0.3, 0.4) is 0 Å². The van der Waals surface area contributed by atoms with Crippen molar-refractivity contribution in [3.05, 3.63) is 41.9 Å². The smallest absolute Gasteiger partial charge is 0.270 e. The summed E-state index contributed by atoms with van der Waals surface area (Å²) < 4.78 is 31.7. The van der Waals surface area contributed by atoms with Gasteiger partial charge in [0.1, 0.15) is 5.69 Å². The predicted molar refractivity (Wildman–Crippen MR) is 111 cm³/mol. The summed E-state index contributed by atoms with van der Waals surface area (Å²) in [4.78, 5) is 36.4. The molecular formula is C21H27F2N5O3. The molecule has 8 nitrogen and oxygen atoms in total. The van der Waals surface area contributed by atoms with Crippen molar-refractivity contribution in [1.82, 2.24) is 20.3 Å². The SMILES string of the molecule is CCC(F)(F)CCOc1ccc(C(C)NC(=O)c2ccnc(NC(=O)C(C)C)n2)cn1. The lowest BCUT2D eigenvalue weighted by molar-refractivity contribution is -0.118. The Morgan fingerprint density at radius 2 is 1.90 bits per heavy atom. The number of carbonyl (C=O) groups excluding carboxylic acids is 2. The first-order valence-electron chi connectivity index (χ1n) is 10.0. The Morgan fingerprint density at radius 3 is 2.52 bits per heavy atom. The molecule has 0 saturated carbocycles. The molecule has 10 heteroatoms. The summed E-state index contributed by atoms with van der Waals surface area (Å²) >= 11 is 0. The van der Waals surface area contributed by atoms with Gasteiger partial charge in [-0.15, -0.1) is 0 Å². The molecule has 0 aliphatic rings. The van der Waals surface area contributed by atoms with E-state index in [0.717, 1.165) is 0 Å². The van der Waals surface area contributed by atoms with E-state index in [-0.39, 0.29) is 48.8 Å². The number of aromatic nitrogens is 3. The maximum atomic E-state index is 13.2. The molecule has 2 heterocycles. The van der Waals surface area contributed by atoms with Gasteiger partial charge < -0.3 is 10.1 Å². The summed E-state index contributed by atoms with van der Waals surface area (Å²) in [5, 5.41) is 5.33. The highest BCUT2D eigenvalue weighted by atomic mass is 19.3. The predicted octanol–water partition coefficient (Wildman–Crippen LogP) is 3.77. The number of rotatable bonds is 10. The number of hydrogen-bond donors (Lipinski definition) is 2. The van der Waals surface area contributed by atoms with Gasteiger partial charge in [0.2, 0.25) is 17.7 Å². The molecule has 0 fully saturated rings. The molecule has 0 bridgehead atoms. The Balaban J connectivity index is 1.93. The Hall–Kier alpha value is -3.17. The second-order valence-corrected chi connectivity index (χ2v) is 7.34. The maximum absolute atomic E-state index is 13.2. The summed E-state index contributed by atoms with van der Waals surface area (Å²) in [7, 11) is 0. The molecule has 1 atom stereocenters. The molecule has 0 aliphatic carbocycles. The van der Waals surface area contributed by atoms with Crippen molar-refractivity contribution in [3.8, 4) is 5.88 Å². The number of nitrogens with one attached hydrogen (secondary N) is 2. The Bertz CT molecular complexity index is 891. The van der Waals surface area contributed by atoms with Crippen molar-refractivity contribution in [2.75, 3.05) is 11.9 Å². The van der Waals surface area contributed by atoms with Crippen LogP contribution in [0.2, 0.25) is 0 Å². The van der Waals surface area contributed by atoms with Crippen molar-refractivity contribution >= 4 is 17.8 Å². The van der Waals surface area contributed by atoms with E-state index >= 15 is 0 Å². The van der Waals surface area contributed by atoms with E-state index in [4.69, 9.17) is 4.74 Å². The van der Waals surface area contributed by atoms with Gasteiger partial charge in [-0.25, -0.2) is 23.7 Å². The van der Waals surface area contributed by atoms with Crippen LogP contribution in [-0.2, 0) is 4.79 Å². The van der Waals surface area contributed by atoms with Gasteiger partial charge in [-0.05, 0) is 18.6 Å². The van der Waals surface area contributed by atoms with Crippen molar-refractivity contribution in [1.29, 1.82) is 0 Å². The number of ether oxygens (including phenoxy) is 1. The average Bonchev–Trinajstić information content (AvgIpc) is 2.74. The number of amides is 2. The minimum absolute atomic E-state index is 0.0517. The lowest BCUT2D eigenvalue weighted by Gasteiger charge is -2.16. The van der Waals surface area contributed by atoms with E-state index in [1.54, 1.807) is 32.9 Å². The highest BCUT2D eigenvalue weighted by molar-refractivity contribution is 5.94. The molecule has 2 N–H and O–H groups in total. The van der Waals surface area contributed by atoms with Crippen molar-refractivity contribution < 1.29 is 23.1 Å². The van der Waals surface area contributed by atoms with E-state index in [1.165, 1.54) is 25.4 Å². The fraction of sp³-hybridized carbons (Fsp3) is 0.476. The fourth-order valence-electron chi connectivity index (χ4n) is 2.37. The van der Waals surface area contributed by atoms with Crippen LogP contribution in [0.15, 0.2) is 30.6 Å². The zero-order valence-electron chi connectivity index (χ0n) is 18.0. The van der Waals surface area contributed by atoms with E-state index in [0.29, 0.717) is 5.56 Å². The molecule has 0 saturated heterocycles. The minimum Gasteiger partial charge on any atom is -0.477 e. The van der Waals surface area contributed by atoms with E-state index in [2.05, 4.69) is 25.6 Å². The van der Waals surface area contributed by atoms with Crippen LogP contribution in [-0.4, -0.2) is 39.3 Å². The second kappa shape index (κ2) is 10.7. The van der Waals surface area contributed by atoms with Crippen LogP contribution in [0, 0.1) is 5.92 Å². The normalized spacial score (nSPS) is 12.4. The number of carbonyl (C=O) groups is 2. The quantitative estimate of drug-likeness (QED) is 0.588. The lowest BCUT2D eigenvalue weighted by Crippen LogP contribution is -2.28. The van der Waals surface area contributed by atoms with Crippen LogP contribution in [0.4, 0.5) is 14.7 Å². The van der Waals surface area contributed by atoms with Gasteiger partial charge in [0.15, 0.2) is 0 Å². The molecule has 2 rings (SSSR count). The number of alkyl halides is 2. The topological polar surface area (TPSA) is 106 Å². The van der Waals surface area contributed by atoms with Gasteiger partial charge in [-0.2, -0.15) is 0 Å². The number of hydrogen-bond acceptors (Lipinski definition) is 6. The highest BCUT2D eigenvalue weighted by Crippen LogP contribution is 2.22. The maximum Gasteiger partial charge on any atom is 0.270 e. The number of nitrogens with zero attached hydrogens (tertiary/aromatic N) is 3. The molecule has 31 heavy (non-hydrogen) atoms. The van der Waals surface area contributed by atoms with E-state index < -0.39 is 17.9 Å². The van der Waals surface area contributed by atoms with Crippen LogP contribution < -0.4 is 15.4 Å². The summed E-state index contributed by atoms with van der Waals surface area (Å²) in [6.07, 6.45) is 2.28. The van der Waals surface area contributed by atoms with Crippen LogP contribution in [0.25, 0.3) is 0 Å². The van der Waals surface area contributed by atoms with Gasteiger partial charge >= 0.3 is 0 Å². The van der Waals surface area contributed by atoms with Gasteiger partial charge in [0.05, 0.1) is 12.6 Å². The highest BCUT2D eigenvalue weighted by Gasteiger charge is 2.25. The molecule has 2 aromatic rings. The van der Waals surface area contributed by atoms with Gasteiger partial charge in [-0.1, -0.05) is 26.8 Å². The molecule has 0 radical (unpaired) electrons. The molecule has 0 aliphatic heterocycles. The van der Waals surface area contributed by atoms with Gasteiger partial charge in [-0.3, -0.25) is 14.9 Å².